The highest BCUT2D eigenvalue weighted by atomic mass is 79.9. The number of nitrogens with one attached hydrogen (secondary N) is 1. The highest BCUT2D eigenvalue weighted by molar-refractivity contribution is 9.10. The SMILES string of the molecule is Cc1cc(Br)cc(C(=O)Nc2ccc3c(c2)nc(N)n3CCCc2ccccc2)c1. The highest BCUT2D eigenvalue weighted by Gasteiger charge is 2.12. The molecule has 1 aromatic heterocycles. The number of fused-ring (bicyclic) bond motifs is 1. The van der Waals surface area contributed by atoms with Gasteiger partial charge in [0.05, 0.1) is 11.0 Å². The third-order valence-electron chi connectivity index (χ3n) is 5.03. The molecule has 3 N–H and O–H groups in total. The number of benzene rings is 3. The zero-order valence-electron chi connectivity index (χ0n) is 16.7. The number of aryl methyl sites for hydroxylation is 3. The number of carbonyl (C=O) groups is 1. The number of anilines is 2. The molecule has 0 bridgehead atoms. The van der Waals surface area contributed by atoms with Crippen molar-refractivity contribution in [2.75, 3.05) is 11.1 Å². The lowest BCUT2D eigenvalue weighted by molar-refractivity contribution is 0.102. The van der Waals surface area contributed by atoms with Crippen LogP contribution in [0.3, 0.4) is 0 Å². The number of imidazole rings is 1. The van der Waals surface area contributed by atoms with Crippen molar-refractivity contribution in [3.05, 3.63) is 87.9 Å². The molecular weight excluding hydrogens is 440 g/mol. The summed E-state index contributed by atoms with van der Waals surface area (Å²) in [6.07, 6.45) is 1.96. The molecule has 1 heterocycles. The Kier molecular flexibility index (Phi) is 5.86. The fraction of sp³-hybridized carbons (Fsp3) is 0.167. The molecule has 0 aliphatic heterocycles. The van der Waals surface area contributed by atoms with Gasteiger partial charge in [-0.05, 0) is 67.3 Å². The van der Waals surface area contributed by atoms with Crippen LogP contribution in [0.2, 0.25) is 0 Å². The molecule has 0 saturated carbocycles. The molecule has 0 aliphatic rings. The van der Waals surface area contributed by atoms with Gasteiger partial charge in [-0.1, -0.05) is 46.3 Å². The molecule has 3 aromatic carbocycles. The van der Waals surface area contributed by atoms with Gasteiger partial charge in [0.2, 0.25) is 5.95 Å². The molecule has 30 heavy (non-hydrogen) atoms. The number of amides is 1. The number of rotatable bonds is 6. The molecule has 4 rings (SSSR count). The molecule has 152 valence electrons. The fourth-order valence-electron chi connectivity index (χ4n) is 3.62. The van der Waals surface area contributed by atoms with Gasteiger partial charge in [0.1, 0.15) is 0 Å². The molecular formula is C24H23BrN4O. The first-order valence-corrected chi connectivity index (χ1v) is 10.7. The lowest BCUT2D eigenvalue weighted by atomic mass is 10.1. The van der Waals surface area contributed by atoms with Gasteiger partial charge >= 0.3 is 0 Å². The summed E-state index contributed by atoms with van der Waals surface area (Å²) in [5.41, 5.74) is 11.5. The molecule has 6 heteroatoms. The number of nitrogen functional groups attached to an aromatic ring is 1. The van der Waals surface area contributed by atoms with Crippen molar-refractivity contribution in [3.63, 3.8) is 0 Å². The molecule has 0 atom stereocenters. The maximum absolute atomic E-state index is 12.6. The Bertz CT molecular complexity index is 1180. The van der Waals surface area contributed by atoms with E-state index in [1.807, 2.05) is 47.9 Å². The van der Waals surface area contributed by atoms with Gasteiger partial charge in [0.15, 0.2) is 0 Å². The summed E-state index contributed by atoms with van der Waals surface area (Å²) in [5, 5.41) is 2.95. The molecule has 0 aliphatic carbocycles. The van der Waals surface area contributed by atoms with E-state index >= 15 is 0 Å². The Labute approximate surface area is 184 Å². The third kappa shape index (κ3) is 4.54. The lowest BCUT2D eigenvalue weighted by Gasteiger charge is -2.08. The Morgan fingerprint density at radius 1 is 1.10 bits per heavy atom. The second-order valence-electron chi connectivity index (χ2n) is 7.39. The second-order valence-corrected chi connectivity index (χ2v) is 8.30. The normalized spacial score (nSPS) is 11.0. The van der Waals surface area contributed by atoms with Crippen molar-refractivity contribution in [2.24, 2.45) is 0 Å². The summed E-state index contributed by atoms with van der Waals surface area (Å²) in [5.74, 6) is 0.332. The van der Waals surface area contributed by atoms with Crippen molar-refractivity contribution in [2.45, 2.75) is 26.3 Å². The van der Waals surface area contributed by atoms with Crippen LogP contribution in [0.1, 0.15) is 27.9 Å². The topological polar surface area (TPSA) is 72.9 Å². The van der Waals surface area contributed by atoms with Crippen LogP contribution in [0.25, 0.3) is 11.0 Å². The van der Waals surface area contributed by atoms with E-state index in [0.717, 1.165) is 40.5 Å². The van der Waals surface area contributed by atoms with E-state index < -0.39 is 0 Å². The number of hydrogen-bond acceptors (Lipinski definition) is 3. The van der Waals surface area contributed by atoms with E-state index in [1.165, 1.54) is 5.56 Å². The Balaban J connectivity index is 1.49. The van der Waals surface area contributed by atoms with Crippen molar-refractivity contribution in [1.82, 2.24) is 9.55 Å². The van der Waals surface area contributed by atoms with Crippen LogP contribution < -0.4 is 11.1 Å². The average molecular weight is 463 g/mol. The van der Waals surface area contributed by atoms with Crippen LogP contribution >= 0.6 is 15.9 Å². The van der Waals surface area contributed by atoms with Gasteiger partial charge in [-0.25, -0.2) is 4.98 Å². The average Bonchev–Trinajstić information content (AvgIpc) is 3.02. The molecule has 0 radical (unpaired) electrons. The second kappa shape index (κ2) is 8.71. The third-order valence-corrected chi connectivity index (χ3v) is 5.49. The molecule has 4 aromatic rings. The Morgan fingerprint density at radius 3 is 2.67 bits per heavy atom. The van der Waals surface area contributed by atoms with Crippen molar-refractivity contribution < 1.29 is 4.79 Å². The van der Waals surface area contributed by atoms with Crippen molar-refractivity contribution >= 4 is 44.5 Å². The van der Waals surface area contributed by atoms with Crippen molar-refractivity contribution in [3.8, 4) is 0 Å². The molecule has 5 nitrogen and oxygen atoms in total. The van der Waals surface area contributed by atoms with Crippen LogP contribution in [0, 0.1) is 6.92 Å². The van der Waals surface area contributed by atoms with Gasteiger partial charge in [0, 0.05) is 22.3 Å². The van der Waals surface area contributed by atoms with Crippen LogP contribution in [0.4, 0.5) is 11.6 Å². The van der Waals surface area contributed by atoms with Gasteiger partial charge in [-0.15, -0.1) is 0 Å². The summed E-state index contributed by atoms with van der Waals surface area (Å²) < 4.78 is 2.91. The predicted molar refractivity (Wildman–Crippen MR) is 126 cm³/mol. The molecule has 0 spiro atoms. The molecule has 0 fully saturated rings. The summed E-state index contributed by atoms with van der Waals surface area (Å²) >= 11 is 3.44. The van der Waals surface area contributed by atoms with Gasteiger partial charge in [-0.2, -0.15) is 0 Å². The maximum Gasteiger partial charge on any atom is 0.255 e. The van der Waals surface area contributed by atoms with Crippen LogP contribution in [0.5, 0.6) is 0 Å². The predicted octanol–water partition coefficient (Wildman–Crippen LogP) is 5.57. The fourth-order valence-corrected chi connectivity index (χ4v) is 4.23. The van der Waals surface area contributed by atoms with Crippen LogP contribution in [-0.2, 0) is 13.0 Å². The first-order valence-electron chi connectivity index (χ1n) is 9.88. The van der Waals surface area contributed by atoms with E-state index in [9.17, 15) is 4.79 Å². The number of nitrogens with zero attached hydrogens (tertiary/aromatic N) is 2. The van der Waals surface area contributed by atoms with Crippen LogP contribution in [-0.4, -0.2) is 15.5 Å². The van der Waals surface area contributed by atoms with E-state index in [2.05, 4.69) is 50.5 Å². The summed E-state index contributed by atoms with van der Waals surface area (Å²) in [7, 11) is 0. The smallest absolute Gasteiger partial charge is 0.255 e. The summed E-state index contributed by atoms with van der Waals surface area (Å²) in [4.78, 5) is 17.1. The monoisotopic (exact) mass is 462 g/mol. The van der Waals surface area contributed by atoms with Gasteiger partial charge in [0.25, 0.3) is 5.91 Å². The molecule has 1 amide bonds. The zero-order valence-corrected chi connectivity index (χ0v) is 18.3. The Hall–Kier alpha value is -3.12. The number of aromatic nitrogens is 2. The standard InChI is InChI=1S/C24H23BrN4O/c1-16-12-18(14-19(25)13-16)23(30)27-20-9-10-22-21(15-20)28-24(26)29(22)11-5-8-17-6-3-2-4-7-17/h2-4,6-7,9-10,12-15H,5,8,11H2,1H3,(H2,26,28)(H,27,30). The number of halogens is 1. The minimum atomic E-state index is -0.158. The minimum Gasteiger partial charge on any atom is -0.369 e. The first-order chi connectivity index (χ1) is 14.5. The number of nitrogens with two attached hydrogens (primary N) is 1. The first kappa shape index (κ1) is 20.2. The van der Waals surface area contributed by atoms with Gasteiger partial charge < -0.3 is 15.6 Å². The quantitative estimate of drug-likeness (QED) is 0.393. The molecule has 0 saturated heterocycles. The Morgan fingerprint density at radius 2 is 1.90 bits per heavy atom. The highest BCUT2D eigenvalue weighted by Crippen LogP contribution is 2.23. The van der Waals surface area contributed by atoms with E-state index in [0.29, 0.717) is 17.2 Å². The van der Waals surface area contributed by atoms with E-state index in [4.69, 9.17) is 5.73 Å². The minimum absolute atomic E-state index is 0.158. The lowest BCUT2D eigenvalue weighted by Crippen LogP contribution is -2.12. The maximum atomic E-state index is 12.6. The van der Waals surface area contributed by atoms with Crippen molar-refractivity contribution in [1.29, 1.82) is 0 Å². The molecule has 0 unspecified atom stereocenters. The summed E-state index contributed by atoms with van der Waals surface area (Å²) in [6.45, 7) is 2.75. The number of hydrogen-bond donors (Lipinski definition) is 2. The number of carbonyl (C=O) groups excluding carboxylic acids is 1. The van der Waals surface area contributed by atoms with E-state index in [-0.39, 0.29) is 5.91 Å². The van der Waals surface area contributed by atoms with Gasteiger partial charge in [-0.3, -0.25) is 4.79 Å². The van der Waals surface area contributed by atoms with Crippen LogP contribution in [0.15, 0.2) is 71.2 Å². The van der Waals surface area contributed by atoms with E-state index in [1.54, 1.807) is 6.07 Å². The largest absolute Gasteiger partial charge is 0.369 e. The zero-order chi connectivity index (χ0) is 21.1. The summed E-state index contributed by atoms with van der Waals surface area (Å²) in [6, 6.07) is 21.8.